The van der Waals surface area contributed by atoms with E-state index >= 15 is 0 Å². The summed E-state index contributed by atoms with van der Waals surface area (Å²) in [6, 6.07) is 14.8. The fourth-order valence-electron chi connectivity index (χ4n) is 3.79. The number of ketones is 1. The number of Topliss-reactive ketones (excluding diaryl/α,β-unsaturated/α-hetero) is 1. The summed E-state index contributed by atoms with van der Waals surface area (Å²) in [4.78, 5) is 30.7. The van der Waals surface area contributed by atoms with Crippen LogP contribution in [0.3, 0.4) is 0 Å². The lowest BCUT2D eigenvalue weighted by atomic mass is 10.1. The van der Waals surface area contributed by atoms with Crippen molar-refractivity contribution in [2.45, 2.75) is 36.9 Å². The van der Waals surface area contributed by atoms with E-state index in [0.717, 1.165) is 25.7 Å². The summed E-state index contributed by atoms with van der Waals surface area (Å²) in [5.74, 6) is 0.730. The number of ether oxygens (including phenoxy) is 1. The van der Waals surface area contributed by atoms with Crippen molar-refractivity contribution in [1.29, 1.82) is 0 Å². The van der Waals surface area contributed by atoms with Gasteiger partial charge in [-0.05, 0) is 37.1 Å². The maximum Gasteiger partial charge on any atom is 0.262 e. The van der Waals surface area contributed by atoms with Crippen molar-refractivity contribution in [2.24, 2.45) is 0 Å². The number of nitrogens with zero attached hydrogens (tertiary/aromatic N) is 2. The van der Waals surface area contributed by atoms with E-state index in [2.05, 4.69) is 0 Å². The van der Waals surface area contributed by atoms with Crippen LogP contribution in [0.15, 0.2) is 58.5 Å². The molecule has 0 bridgehead atoms. The van der Waals surface area contributed by atoms with Crippen LogP contribution in [0.4, 0.5) is 0 Å². The third-order valence-corrected chi connectivity index (χ3v) is 6.16. The van der Waals surface area contributed by atoms with Crippen molar-refractivity contribution in [3.8, 4) is 5.75 Å². The molecule has 0 amide bonds. The number of hydrogen-bond donors (Lipinski definition) is 0. The molecule has 0 aliphatic heterocycles. The van der Waals surface area contributed by atoms with Crippen LogP contribution < -0.4 is 10.3 Å². The summed E-state index contributed by atoms with van der Waals surface area (Å²) in [5.41, 5.74) is 1.21. The molecule has 0 atom stereocenters. The van der Waals surface area contributed by atoms with Crippen LogP contribution in [0, 0.1) is 0 Å². The zero-order valence-corrected chi connectivity index (χ0v) is 16.6. The first-order chi connectivity index (χ1) is 13.7. The van der Waals surface area contributed by atoms with Gasteiger partial charge in [0.25, 0.3) is 5.56 Å². The highest BCUT2D eigenvalue weighted by atomic mass is 32.2. The number of aromatic nitrogens is 2. The van der Waals surface area contributed by atoms with E-state index in [-0.39, 0.29) is 23.1 Å². The van der Waals surface area contributed by atoms with Gasteiger partial charge in [-0.25, -0.2) is 4.98 Å². The number of carbonyl (C=O) groups excluding carboxylic acids is 1. The van der Waals surface area contributed by atoms with Crippen LogP contribution >= 0.6 is 11.8 Å². The van der Waals surface area contributed by atoms with Gasteiger partial charge in [0, 0.05) is 6.04 Å². The van der Waals surface area contributed by atoms with Gasteiger partial charge < -0.3 is 4.74 Å². The van der Waals surface area contributed by atoms with Crippen molar-refractivity contribution in [2.75, 3.05) is 12.9 Å². The van der Waals surface area contributed by atoms with Crippen molar-refractivity contribution in [3.05, 3.63) is 64.4 Å². The predicted octanol–water partition coefficient (Wildman–Crippen LogP) is 4.50. The Morgan fingerprint density at radius 2 is 1.86 bits per heavy atom. The average molecular weight is 394 g/mol. The summed E-state index contributed by atoms with van der Waals surface area (Å²) in [7, 11) is 1.56. The van der Waals surface area contributed by atoms with E-state index in [0.29, 0.717) is 27.4 Å². The molecule has 6 heteroatoms. The molecule has 0 saturated heterocycles. The number of rotatable bonds is 6. The molecule has 1 aliphatic rings. The normalized spacial score (nSPS) is 14.5. The molecule has 0 N–H and O–H groups in total. The first-order valence-electron chi connectivity index (χ1n) is 9.49. The Morgan fingerprint density at radius 3 is 2.64 bits per heavy atom. The number of hydrogen-bond acceptors (Lipinski definition) is 5. The van der Waals surface area contributed by atoms with Gasteiger partial charge in [-0.2, -0.15) is 0 Å². The van der Waals surface area contributed by atoms with Gasteiger partial charge in [0.1, 0.15) is 5.75 Å². The highest BCUT2D eigenvalue weighted by Gasteiger charge is 2.23. The third kappa shape index (κ3) is 3.56. The minimum Gasteiger partial charge on any atom is -0.496 e. The van der Waals surface area contributed by atoms with Crippen LogP contribution in [-0.4, -0.2) is 28.2 Å². The number of carbonyl (C=O) groups is 1. The molecule has 28 heavy (non-hydrogen) atoms. The Morgan fingerprint density at radius 1 is 1.14 bits per heavy atom. The second-order valence-electron chi connectivity index (χ2n) is 6.94. The maximum absolute atomic E-state index is 13.2. The predicted molar refractivity (Wildman–Crippen MR) is 112 cm³/mol. The first-order valence-corrected chi connectivity index (χ1v) is 10.5. The summed E-state index contributed by atoms with van der Waals surface area (Å²) >= 11 is 1.33. The van der Waals surface area contributed by atoms with Gasteiger partial charge in [0.2, 0.25) is 0 Å². The van der Waals surface area contributed by atoms with Crippen molar-refractivity contribution in [3.63, 3.8) is 0 Å². The molecule has 0 radical (unpaired) electrons. The molecule has 5 nitrogen and oxygen atoms in total. The third-order valence-electron chi connectivity index (χ3n) is 5.21. The molecule has 4 rings (SSSR count). The Hall–Kier alpha value is -2.60. The van der Waals surface area contributed by atoms with Gasteiger partial charge >= 0.3 is 0 Å². The molecule has 1 aliphatic carbocycles. The molecule has 3 aromatic rings. The van der Waals surface area contributed by atoms with Crippen LogP contribution in [0.25, 0.3) is 10.9 Å². The summed E-state index contributed by atoms with van der Waals surface area (Å²) in [6.45, 7) is 0. The van der Waals surface area contributed by atoms with Gasteiger partial charge in [0.05, 0.1) is 29.3 Å². The smallest absolute Gasteiger partial charge is 0.262 e. The molecular formula is C22H22N2O3S. The van der Waals surface area contributed by atoms with Crippen molar-refractivity contribution in [1.82, 2.24) is 9.55 Å². The first kappa shape index (κ1) is 18.7. The lowest BCUT2D eigenvalue weighted by molar-refractivity contribution is 0.101. The van der Waals surface area contributed by atoms with Gasteiger partial charge in [-0.3, -0.25) is 14.2 Å². The monoisotopic (exact) mass is 394 g/mol. The number of methoxy groups -OCH3 is 1. The number of benzene rings is 2. The molecule has 1 saturated carbocycles. The Kier molecular flexibility index (Phi) is 5.48. The van der Waals surface area contributed by atoms with E-state index in [1.165, 1.54) is 11.8 Å². The lowest BCUT2D eigenvalue weighted by Crippen LogP contribution is -2.26. The standard InChI is InChI=1S/C22H22N2O3S/c1-27-20-13-7-5-11-17(20)19(25)14-28-22-23-18-12-6-4-10-16(18)21(26)24(22)15-8-2-3-9-15/h4-7,10-13,15H,2-3,8-9,14H2,1H3. The van der Waals surface area contributed by atoms with E-state index < -0.39 is 0 Å². The maximum atomic E-state index is 13.2. The van der Waals surface area contributed by atoms with Crippen LogP contribution in [0.5, 0.6) is 5.75 Å². The van der Waals surface area contributed by atoms with Crippen LogP contribution in [0.2, 0.25) is 0 Å². The minimum atomic E-state index is -0.0390. The molecule has 2 aromatic carbocycles. The Labute approximate surface area is 167 Å². The molecule has 0 unspecified atom stereocenters. The highest BCUT2D eigenvalue weighted by Crippen LogP contribution is 2.32. The highest BCUT2D eigenvalue weighted by molar-refractivity contribution is 7.99. The molecule has 0 spiro atoms. The molecular weight excluding hydrogens is 372 g/mol. The van der Waals surface area contributed by atoms with Crippen LogP contribution in [-0.2, 0) is 0 Å². The Bertz CT molecular complexity index is 1070. The fraction of sp³-hybridized carbons (Fsp3) is 0.318. The zero-order valence-electron chi connectivity index (χ0n) is 15.8. The topological polar surface area (TPSA) is 61.2 Å². The van der Waals surface area contributed by atoms with Gasteiger partial charge in [0.15, 0.2) is 10.9 Å². The van der Waals surface area contributed by atoms with Gasteiger partial charge in [-0.15, -0.1) is 0 Å². The lowest BCUT2D eigenvalue weighted by Gasteiger charge is -2.18. The van der Waals surface area contributed by atoms with Crippen molar-refractivity contribution >= 4 is 28.4 Å². The number of thioether (sulfide) groups is 1. The summed E-state index contributed by atoms with van der Waals surface area (Å²) < 4.78 is 7.11. The minimum absolute atomic E-state index is 0.00950. The van der Waals surface area contributed by atoms with E-state index in [9.17, 15) is 9.59 Å². The second kappa shape index (κ2) is 8.19. The van der Waals surface area contributed by atoms with E-state index in [1.807, 2.05) is 41.0 Å². The van der Waals surface area contributed by atoms with E-state index in [1.54, 1.807) is 19.2 Å². The average Bonchev–Trinajstić information content (AvgIpc) is 3.26. The fourth-order valence-corrected chi connectivity index (χ4v) is 4.74. The van der Waals surface area contributed by atoms with E-state index in [4.69, 9.17) is 9.72 Å². The largest absolute Gasteiger partial charge is 0.496 e. The van der Waals surface area contributed by atoms with Crippen LogP contribution in [0.1, 0.15) is 42.1 Å². The quantitative estimate of drug-likeness (QED) is 0.350. The summed E-state index contributed by atoms with van der Waals surface area (Å²) in [5, 5.41) is 1.26. The molecule has 1 heterocycles. The SMILES string of the molecule is COc1ccccc1C(=O)CSc1nc2ccccc2c(=O)n1C1CCCC1. The molecule has 1 fully saturated rings. The van der Waals surface area contributed by atoms with Gasteiger partial charge in [-0.1, -0.05) is 48.9 Å². The second-order valence-corrected chi connectivity index (χ2v) is 7.88. The molecule has 1 aromatic heterocycles. The Balaban J connectivity index is 1.68. The molecule has 144 valence electrons. The number of para-hydroxylation sites is 2. The number of fused-ring (bicyclic) bond motifs is 1. The summed E-state index contributed by atoms with van der Waals surface area (Å²) in [6.07, 6.45) is 4.20. The zero-order chi connectivity index (χ0) is 19.5. The van der Waals surface area contributed by atoms with Crippen molar-refractivity contribution < 1.29 is 9.53 Å².